The first kappa shape index (κ1) is 15.9. The minimum absolute atomic E-state index is 0. The van der Waals surface area contributed by atoms with Crippen molar-refractivity contribution in [2.24, 2.45) is 5.73 Å². The summed E-state index contributed by atoms with van der Waals surface area (Å²) in [5.41, 5.74) is 6.96. The maximum Gasteiger partial charge on any atom is 0.0634 e. The Morgan fingerprint density at radius 3 is 2.81 bits per heavy atom. The summed E-state index contributed by atoms with van der Waals surface area (Å²) in [7, 11) is 0. The highest BCUT2D eigenvalue weighted by molar-refractivity contribution is 6.31. The molecule has 2 N–H and O–H groups in total. The van der Waals surface area contributed by atoms with Crippen molar-refractivity contribution in [3.8, 4) is 0 Å². The second-order valence-corrected chi connectivity index (χ2v) is 4.16. The first-order chi connectivity index (χ1) is 6.75. The number of halogens is 3. The zero-order chi connectivity index (χ0) is 9.97. The standard InChI is InChI=1S/C10H14ClN3.2ClH/c11-10-5-13-3-1-8(10)6-14-4-2-9(12)7-14;;/h1,3,5,9H,2,4,6-7,12H2;2*1H. The molecule has 2 rings (SSSR count). The van der Waals surface area contributed by atoms with Gasteiger partial charge in [0, 0.05) is 38.1 Å². The van der Waals surface area contributed by atoms with Gasteiger partial charge in [-0.15, -0.1) is 24.8 Å². The van der Waals surface area contributed by atoms with E-state index in [0.29, 0.717) is 6.04 Å². The van der Waals surface area contributed by atoms with Gasteiger partial charge in [-0.3, -0.25) is 9.88 Å². The third kappa shape index (κ3) is 4.07. The van der Waals surface area contributed by atoms with Gasteiger partial charge in [0.15, 0.2) is 0 Å². The van der Waals surface area contributed by atoms with Gasteiger partial charge in [0.2, 0.25) is 0 Å². The van der Waals surface area contributed by atoms with Gasteiger partial charge in [-0.2, -0.15) is 0 Å². The van der Waals surface area contributed by atoms with Gasteiger partial charge < -0.3 is 5.73 Å². The lowest BCUT2D eigenvalue weighted by molar-refractivity contribution is 0.327. The molecule has 1 aromatic heterocycles. The van der Waals surface area contributed by atoms with Crippen LogP contribution < -0.4 is 5.73 Å². The highest BCUT2D eigenvalue weighted by Gasteiger charge is 2.19. The normalized spacial score (nSPS) is 20.0. The molecule has 1 fully saturated rings. The van der Waals surface area contributed by atoms with Crippen LogP contribution in [0.4, 0.5) is 0 Å². The Morgan fingerprint density at radius 1 is 1.50 bits per heavy atom. The largest absolute Gasteiger partial charge is 0.326 e. The van der Waals surface area contributed by atoms with Crippen LogP contribution in [0.1, 0.15) is 12.0 Å². The fraction of sp³-hybridized carbons (Fsp3) is 0.500. The number of likely N-dealkylation sites (tertiary alicyclic amines) is 1. The second kappa shape index (κ2) is 7.30. The van der Waals surface area contributed by atoms with Gasteiger partial charge in [-0.1, -0.05) is 11.6 Å². The fourth-order valence-electron chi connectivity index (χ4n) is 1.78. The fourth-order valence-corrected chi connectivity index (χ4v) is 1.96. The van der Waals surface area contributed by atoms with Crippen LogP contribution in [0.15, 0.2) is 18.5 Å². The summed E-state index contributed by atoms with van der Waals surface area (Å²) >= 11 is 6.02. The molecule has 16 heavy (non-hydrogen) atoms. The maximum absolute atomic E-state index is 6.02. The summed E-state index contributed by atoms with van der Waals surface area (Å²) in [6.45, 7) is 2.92. The molecule has 0 saturated carbocycles. The number of hydrogen-bond acceptors (Lipinski definition) is 3. The zero-order valence-corrected chi connectivity index (χ0v) is 11.2. The average Bonchev–Trinajstić information content (AvgIpc) is 2.56. The SMILES string of the molecule is Cl.Cl.NC1CCN(Cc2ccncc2Cl)C1. The topological polar surface area (TPSA) is 42.1 Å². The predicted octanol–water partition coefficient (Wildman–Crippen LogP) is 2.11. The van der Waals surface area contributed by atoms with Crippen LogP contribution in [0.2, 0.25) is 5.02 Å². The maximum atomic E-state index is 6.02. The summed E-state index contributed by atoms with van der Waals surface area (Å²) in [5, 5.41) is 0.743. The van der Waals surface area contributed by atoms with Crippen LogP contribution in [0.3, 0.4) is 0 Å². The molecule has 3 nitrogen and oxygen atoms in total. The molecule has 2 heterocycles. The quantitative estimate of drug-likeness (QED) is 0.904. The van der Waals surface area contributed by atoms with Crippen molar-refractivity contribution in [2.45, 2.75) is 19.0 Å². The van der Waals surface area contributed by atoms with E-state index in [1.165, 1.54) is 0 Å². The Bertz CT molecular complexity index is 322. The van der Waals surface area contributed by atoms with E-state index in [2.05, 4.69) is 9.88 Å². The average molecular weight is 285 g/mol. The van der Waals surface area contributed by atoms with E-state index in [0.717, 1.165) is 36.6 Å². The van der Waals surface area contributed by atoms with Gasteiger partial charge in [-0.25, -0.2) is 0 Å². The summed E-state index contributed by atoms with van der Waals surface area (Å²) in [4.78, 5) is 6.28. The molecular weight excluding hydrogens is 268 g/mol. The molecule has 0 radical (unpaired) electrons. The lowest BCUT2D eigenvalue weighted by atomic mass is 10.2. The van der Waals surface area contributed by atoms with Crippen LogP contribution in [-0.2, 0) is 6.54 Å². The minimum Gasteiger partial charge on any atom is -0.326 e. The monoisotopic (exact) mass is 283 g/mol. The zero-order valence-electron chi connectivity index (χ0n) is 8.80. The molecule has 0 amide bonds. The Labute approximate surface area is 113 Å². The molecule has 1 saturated heterocycles. The van der Waals surface area contributed by atoms with Crippen LogP contribution >= 0.6 is 36.4 Å². The van der Waals surface area contributed by atoms with Crippen LogP contribution in [0.25, 0.3) is 0 Å². The summed E-state index contributed by atoms with van der Waals surface area (Å²) in [5.74, 6) is 0. The number of nitrogens with two attached hydrogens (primary N) is 1. The van der Waals surface area contributed by atoms with E-state index in [1.54, 1.807) is 12.4 Å². The van der Waals surface area contributed by atoms with Crippen molar-refractivity contribution >= 4 is 36.4 Å². The molecule has 1 aliphatic rings. The molecule has 1 atom stereocenters. The second-order valence-electron chi connectivity index (χ2n) is 3.75. The third-order valence-corrected chi connectivity index (χ3v) is 2.90. The van der Waals surface area contributed by atoms with Gasteiger partial charge >= 0.3 is 0 Å². The molecule has 0 bridgehead atoms. The Kier molecular flexibility index (Phi) is 7.27. The van der Waals surface area contributed by atoms with E-state index < -0.39 is 0 Å². The Morgan fingerprint density at radius 2 is 2.25 bits per heavy atom. The number of pyridine rings is 1. The van der Waals surface area contributed by atoms with Crippen LogP contribution in [0.5, 0.6) is 0 Å². The molecule has 1 unspecified atom stereocenters. The summed E-state index contributed by atoms with van der Waals surface area (Å²) < 4.78 is 0. The van der Waals surface area contributed by atoms with E-state index >= 15 is 0 Å². The van der Waals surface area contributed by atoms with Crippen molar-refractivity contribution in [1.82, 2.24) is 9.88 Å². The van der Waals surface area contributed by atoms with Gasteiger partial charge in [-0.05, 0) is 18.1 Å². The molecule has 1 aliphatic heterocycles. The lowest BCUT2D eigenvalue weighted by Gasteiger charge is -2.15. The van der Waals surface area contributed by atoms with Crippen molar-refractivity contribution in [3.63, 3.8) is 0 Å². The summed E-state index contributed by atoms with van der Waals surface area (Å²) in [6, 6.07) is 2.29. The molecular formula is C10H16Cl3N3. The van der Waals surface area contributed by atoms with Crippen molar-refractivity contribution in [1.29, 1.82) is 0 Å². The highest BCUT2D eigenvalue weighted by Crippen LogP contribution is 2.18. The molecule has 0 aliphatic carbocycles. The van der Waals surface area contributed by atoms with E-state index in [4.69, 9.17) is 17.3 Å². The Hall–Kier alpha value is -0.0600. The lowest BCUT2D eigenvalue weighted by Crippen LogP contribution is -2.26. The Balaban J connectivity index is 0.00000112. The molecule has 92 valence electrons. The number of aromatic nitrogens is 1. The smallest absolute Gasteiger partial charge is 0.0634 e. The van der Waals surface area contributed by atoms with Gasteiger partial charge in [0.05, 0.1) is 5.02 Å². The van der Waals surface area contributed by atoms with Gasteiger partial charge in [0.25, 0.3) is 0 Å². The van der Waals surface area contributed by atoms with E-state index in [1.807, 2.05) is 6.07 Å². The highest BCUT2D eigenvalue weighted by atomic mass is 35.5. The van der Waals surface area contributed by atoms with Crippen LogP contribution in [-0.4, -0.2) is 29.0 Å². The molecule has 6 heteroatoms. The predicted molar refractivity (Wildman–Crippen MR) is 71.6 cm³/mol. The molecule has 0 spiro atoms. The van der Waals surface area contributed by atoms with Crippen molar-refractivity contribution in [3.05, 3.63) is 29.0 Å². The first-order valence-electron chi connectivity index (χ1n) is 4.82. The van der Waals surface area contributed by atoms with Crippen molar-refractivity contribution < 1.29 is 0 Å². The number of rotatable bonds is 2. The molecule has 0 aromatic carbocycles. The van der Waals surface area contributed by atoms with Gasteiger partial charge in [0.1, 0.15) is 0 Å². The number of hydrogen-bond donors (Lipinski definition) is 1. The van der Waals surface area contributed by atoms with Crippen LogP contribution in [0, 0.1) is 0 Å². The van der Waals surface area contributed by atoms with Crippen molar-refractivity contribution in [2.75, 3.05) is 13.1 Å². The summed E-state index contributed by atoms with van der Waals surface area (Å²) in [6.07, 6.45) is 4.55. The third-order valence-electron chi connectivity index (χ3n) is 2.56. The minimum atomic E-state index is 0. The first-order valence-corrected chi connectivity index (χ1v) is 5.20. The van der Waals surface area contributed by atoms with E-state index in [9.17, 15) is 0 Å². The number of nitrogens with zero attached hydrogens (tertiary/aromatic N) is 2. The molecule has 1 aromatic rings. The van der Waals surface area contributed by atoms with E-state index in [-0.39, 0.29) is 24.8 Å².